The third kappa shape index (κ3) is 4.73. The SMILES string of the molecule is CC(Br)OCCl. The van der Waals surface area contributed by atoms with Crippen LogP contribution in [0.15, 0.2) is 0 Å². The van der Waals surface area contributed by atoms with Crippen LogP contribution in [-0.4, -0.2) is 11.1 Å². The first kappa shape index (κ1) is 6.73. The predicted octanol–water partition coefficient (Wildman–Crippen LogP) is 1.94. The Bertz CT molecular complexity index is 32.0. The third-order valence-corrected chi connectivity index (χ3v) is 0.683. The largest absolute Gasteiger partial charge is 0.352 e. The molecule has 1 nitrogen and oxygen atoms in total. The van der Waals surface area contributed by atoms with Crippen molar-refractivity contribution in [2.75, 3.05) is 6.07 Å². The van der Waals surface area contributed by atoms with Crippen molar-refractivity contribution in [3.8, 4) is 0 Å². The monoisotopic (exact) mass is 172 g/mol. The normalized spacial score (nSPS) is 14.5. The van der Waals surface area contributed by atoms with E-state index >= 15 is 0 Å². The van der Waals surface area contributed by atoms with Crippen molar-refractivity contribution in [3.63, 3.8) is 0 Å². The summed E-state index contributed by atoms with van der Waals surface area (Å²) in [4.78, 5) is 0. The van der Waals surface area contributed by atoms with Crippen LogP contribution in [0.25, 0.3) is 0 Å². The highest BCUT2D eigenvalue weighted by atomic mass is 79.9. The summed E-state index contributed by atoms with van der Waals surface area (Å²) in [6, 6.07) is 0.256. The summed E-state index contributed by atoms with van der Waals surface area (Å²) in [7, 11) is 0. The Balaban J connectivity index is 2.63. The van der Waals surface area contributed by atoms with Gasteiger partial charge >= 0.3 is 0 Å². The van der Waals surface area contributed by atoms with E-state index in [-0.39, 0.29) is 11.1 Å². The summed E-state index contributed by atoms with van der Waals surface area (Å²) in [5.41, 5.74) is 0. The number of ether oxygens (including phenoxy) is 1. The lowest BCUT2D eigenvalue weighted by atomic mass is 10.9. The molecule has 0 N–H and O–H groups in total. The second kappa shape index (κ2) is 3.90. The Kier molecular flexibility index (Phi) is 4.38. The number of hydrogen-bond acceptors (Lipinski definition) is 1. The van der Waals surface area contributed by atoms with Crippen molar-refractivity contribution in [1.29, 1.82) is 0 Å². The quantitative estimate of drug-likeness (QED) is 0.580. The van der Waals surface area contributed by atoms with Crippen LogP contribution in [0.3, 0.4) is 0 Å². The van der Waals surface area contributed by atoms with Gasteiger partial charge in [0.15, 0.2) is 0 Å². The van der Waals surface area contributed by atoms with Crippen LogP contribution in [0, 0.1) is 0 Å². The van der Waals surface area contributed by atoms with Crippen LogP contribution in [0.5, 0.6) is 0 Å². The molecule has 0 aromatic rings. The van der Waals surface area contributed by atoms with Gasteiger partial charge in [-0.3, -0.25) is 0 Å². The molecule has 0 aromatic heterocycles. The smallest absolute Gasteiger partial charge is 0.122 e. The molecule has 0 bridgehead atoms. The van der Waals surface area contributed by atoms with Crippen LogP contribution in [0.2, 0.25) is 0 Å². The van der Waals surface area contributed by atoms with Crippen LogP contribution >= 0.6 is 27.5 Å². The average molecular weight is 173 g/mol. The van der Waals surface area contributed by atoms with Gasteiger partial charge in [-0.1, -0.05) is 27.5 Å². The topological polar surface area (TPSA) is 9.23 Å². The Morgan fingerprint density at radius 2 is 2.50 bits per heavy atom. The van der Waals surface area contributed by atoms with Gasteiger partial charge in [-0.05, 0) is 6.92 Å². The number of rotatable bonds is 2. The molecule has 0 spiro atoms. The molecule has 3 heteroatoms. The van der Waals surface area contributed by atoms with E-state index < -0.39 is 0 Å². The zero-order chi connectivity index (χ0) is 4.99. The molecule has 0 saturated carbocycles. The minimum Gasteiger partial charge on any atom is -0.352 e. The molecular formula is C3H6BrClO. The summed E-state index contributed by atoms with van der Waals surface area (Å²) in [6.07, 6.45) is 0. The van der Waals surface area contributed by atoms with Crippen LogP contribution < -0.4 is 0 Å². The number of hydrogen-bond donors (Lipinski definition) is 0. The molecule has 0 amide bonds. The Hall–Kier alpha value is 0.730. The maximum absolute atomic E-state index is 5.14. The molecule has 0 aliphatic rings. The van der Waals surface area contributed by atoms with Crippen molar-refractivity contribution in [2.24, 2.45) is 0 Å². The van der Waals surface area contributed by atoms with Gasteiger partial charge in [0.2, 0.25) is 0 Å². The van der Waals surface area contributed by atoms with E-state index in [2.05, 4.69) is 15.9 Å². The molecule has 0 aliphatic carbocycles. The standard InChI is InChI=1S/C3H6BrClO/c1-3(4)6-2-5/h3H,2H2,1H3. The first-order valence-corrected chi connectivity index (χ1v) is 3.04. The second-order valence-corrected chi connectivity index (χ2v) is 2.33. The molecule has 6 heavy (non-hydrogen) atoms. The summed E-state index contributed by atoms with van der Waals surface area (Å²) in [6.45, 7) is 1.86. The van der Waals surface area contributed by atoms with Gasteiger partial charge in [0, 0.05) is 0 Å². The van der Waals surface area contributed by atoms with E-state index in [9.17, 15) is 0 Å². The number of alkyl halides is 2. The van der Waals surface area contributed by atoms with Crippen molar-refractivity contribution in [1.82, 2.24) is 0 Å². The fourth-order valence-corrected chi connectivity index (χ4v) is 0.560. The van der Waals surface area contributed by atoms with Gasteiger partial charge in [0.25, 0.3) is 0 Å². The molecule has 1 unspecified atom stereocenters. The molecule has 0 rings (SSSR count). The Morgan fingerprint density at radius 1 is 2.00 bits per heavy atom. The highest BCUT2D eigenvalue weighted by Crippen LogP contribution is 1.98. The lowest BCUT2D eigenvalue weighted by molar-refractivity contribution is 0.173. The molecule has 0 aromatic carbocycles. The minimum absolute atomic E-state index is 0.0787. The first-order valence-electron chi connectivity index (χ1n) is 1.59. The van der Waals surface area contributed by atoms with E-state index in [4.69, 9.17) is 16.3 Å². The molecule has 0 radical (unpaired) electrons. The highest BCUT2D eigenvalue weighted by Gasteiger charge is 1.87. The molecule has 0 saturated heterocycles. The van der Waals surface area contributed by atoms with Gasteiger partial charge in [-0.15, -0.1) is 0 Å². The van der Waals surface area contributed by atoms with Crippen LogP contribution in [0.1, 0.15) is 6.92 Å². The molecule has 0 heterocycles. The third-order valence-electron chi connectivity index (χ3n) is 0.293. The predicted molar refractivity (Wildman–Crippen MR) is 30.2 cm³/mol. The van der Waals surface area contributed by atoms with E-state index in [0.29, 0.717) is 0 Å². The molecule has 38 valence electrons. The lowest BCUT2D eigenvalue weighted by Gasteiger charge is -1.96. The summed E-state index contributed by atoms with van der Waals surface area (Å²) in [5, 5.41) is 0.0787. The zero-order valence-corrected chi connectivity index (χ0v) is 5.79. The first-order chi connectivity index (χ1) is 2.77. The van der Waals surface area contributed by atoms with E-state index in [1.165, 1.54) is 0 Å². The lowest BCUT2D eigenvalue weighted by Crippen LogP contribution is -1.93. The van der Waals surface area contributed by atoms with Crippen LogP contribution in [-0.2, 0) is 4.74 Å². The fraction of sp³-hybridized carbons (Fsp3) is 1.00. The average Bonchev–Trinajstić information content (AvgIpc) is 1.35. The van der Waals surface area contributed by atoms with Crippen molar-refractivity contribution in [2.45, 2.75) is 11.9 Å². The van der Waals surface area contributed by atoms with Gasteiger partial charge in [-0.2, -0.15) is 0 Å². The fourth-order valence-electron chi connectivity index (χ4n) is 0.0868. The molecule has 0 aliphatic heterocycles. The summed E-state index contributed by atoms with van der Waals surface area (Å²) in [5.74, 6) is 0. The molecular weight excluding hydrogens is 167 g/mol. The maximum atomic E-state index is 5.14. The van der Waals surface area contributed by atoms with E-state index in [1.54, 1.807) is 0 Å². The van der Waals surface area contributed by atoms with Gasteiger partial charge in [-0.25, -0.2) is 0 Å². The molecule has 1 atom stereocenters. The number of halogens is 2. The summed E-state index contributed by atoms with van der Waals surface area (Å²) >= 11 is 8.27. The summed E-state index contributed by atoms with van der Waals surface area (Å²) < 4.78 is 4.72. The highest BCUT2D eigenvalue weighted by molar-refractivity contribution is 9.09. The van der Waals surface area contributed by atoms with Crippen molar-refractivity contribution < 1.29 is 4.74 Å². The van der Waals surface area contributed by atoms with Crippen molar-refractivity contribution in [3.05, 3.63) is 0 Å². The van der Waals surface area contributed by atoms with E-state index in [1.807, 2.05) is 6.92 Å². The van der Waals surface area contributed by atoms with Gasteiger partial charge in [0.1, 0.15) is 11.1 Å². The van der Waals surface area contributed by atoms with Gasteiger partial charge in [0.05, 0.1) is 0 Å². The Labute approximate surface area is 50.8 Å². The Morgan fingerprint density at radius 3 is 2.50 bits per heavy atom. The second-order valence-electron chi connectivity index (χ2n) is 0.819. The van der Waals surface area contributed by atoms with E-state index in [0.717, 1.165) is 0 Å². The zero-order valence-electron chi connectivity index (χ0n) is 3.45. The maximum Gasteiger partial charge on any atom is 0.122 e. The minimum atomic E-state index is 0.0787. The van der Waals surface area contributed by atoms with Gasteiger partial charge < -0.3 is 4.74 Å². The molecule has 0 fully saturated rings. The van der Waals surface area contributed by atoms with Crippen LogP contribution in [0.4, 0.5) is 0 Å². The van der Waals surface area contributed by atoms with Crippen molar-refractivity contribution >= 4 is 27.5 Å².